The normalized spacial score (nSPS) is 11.7. The zero-order valence-electron chi connectivity index (χ0n) is 10.6. The highest BCUT2D eigenvalue weighted by atomic mass is 19.4. The Morgan fingerprint density at radius 2 is 2.00 bits per heavy atom. The number of halogens is 3. The number of alkyl halides is 3. The second-order valence-electron chi connectivity index (χ2n) is 4.15. The van der Waals surface area contributed by atoms with Gasteiger partial charge in [0.25, 0.3) is 0 Å². The molecule has 3 nitrogen and oxygen atoms in total. The van der Waals surface area contributed by atoms with Crippen molar-refractivity contribution in [2.45, 2.75) is 33.0 Å². The summed E-state index contributed by atoms with van der Waals surface area (Å²) in [6, 6.07) is 3.33. The van der Waals surface area contributed by atoms with Gasteiger partial charge in [0.2, 0.25) is 0 Å². The quantitative estimate of drug-likeness (QED) is 0.886. The van der Waals surface area contributed by atoms with Crippen LogP contribution in [0.25, 0.3) is 0 Å². The van der Waals surface area contributed by atoms with Gasteiger partial charge < -0.3 is 10.6 Å². The Morgan fingerprint density at radius 1 is 1.33 bits per heavy atom. The van der Waals surface area contributed by atoms with Crippen LogP contribution in [0.4, 0.5) is 19.0 Å². The lowest BCUT2D eigenvalue weighted by Gasteiger charge is -2.25. The highest BCUT2D eigenvalue weighted by Gasteiger charge is 2.31. The molecule has 1 aromatic heterocycles. The molecule has 0 aliphatic heterocycles. The number of hydrogen-bond donors (Lipinski definition) is 1. The molecule has 1 heterocycles. The molecule has 2 N–H and O–H groups in total. The van der Waals surface area contributed by atoms with Gasteiger partial charge in [-0.25, -0.2) is 4.98 Å². The van der Waals surface area contributed by atoms with Gasteiger partial charge in [0.15, 0.2) is 0 Å². The topological polar surface area (TPSA) is 42.1 Å². The highest BCUT2D eigenvalue weighted by molar-refractivity contribution is 5.41. The lowest BCUT2D eigenvalue weighted by atomic mass is 10.2. The van der Waals surface area contributed by atoms with Crippen LogP contribution in [0.15, 0.2) is 12.1 Å². The number of rotatable bonds is 5. The minimum absolute atomic E-state index is 0.327. The number of nitrogens with zero attached hydrogens (tertiary/aromatic N) is 2. The fraction of sp³-hybridized carbons (Fsp3) is 0.583. The largest absolute Gasteiger partial charge is 0.405 e. The van der Waals surface area contributed by atoms with Gasteiger partial charge >= 0.3 is 6.18 Å². The van der Waals surface area contributed by atoms with E-state index in [4.69, 9.17) is 5.73 Å². The van der Waals surface area contributed by atoms with E-state index in [0.29, 0.717) is 31.0 Å². The van der Waals surface area contributed by atoms with Gasteiger partial charge in [-0.1, -0.05) is 13.0 Å². The predicted octanol–water partition coefficient (Wildman–Crippen LogP) is 2.63. The minimum atomic E-state index is -4.22. The summed E-state index contributed by atoms with van der Waals surface area (Å²) in [5.41, 5.74) is 7.03. The van der Waals surface area contributed by atoms with Gasteiger partial charge in [-0.05, 0) is 25.0 Å². The third kappa shape index (κ3) is 4.18. The number of anilines is 1. The maximum atomic E-state index is 12.5. The van der Waals surface area contributed by atoms with Crippen LogP contribution in [0.5, 0.6) is 0 Å². The van der Waals surface area contributed by atoms with E-state index < -0.39 is 12.7 Å². The van der Waals surface area contributed by atoms with Crippen LogP contribution < -0.4 is 10.6 Å². The van der Waals surface area contributed by atoms with E-state index in [1.807, 2.05) is 6.92 Å². The Hall–Kier alpha value is -1.30. The molecule has 18 heavy (non-hydrogen) atoms. The highest BCUT2D eigenvalue weighted by Crippen LogP contribution is 2.22. The zero-order valence-corrected chi connectivity index (χ0v) is 10.6. The number of hydrogen-bond acceptors (Lipinski definition) is 3. The standard InChI is InChI=1S/C12H18F3N3/c1-3-6-18(8-12(13,14)15)11-5-4-10(7-16)9(2)17-11/h4-5H,3,6-8,16H2,1-2H3. The molecule has 0 fully saturated rings. The molecule has 0 radical (unpaired) electrons. The van der Waals surface area contributed by atoms with E-state index in [1.165, 1.54) is 4.90 Å². The van der Waals surface area contributed by atoms with Gasteiger partial charge in [-0.15, -0.1) is 0 Å². The molecule has 0 bridgehead atoms. The average Bonchev–Trinajstić information content (AvgIpc) is 2.26. The van der Waals surface area contributed by atoms with Crippen molar-refractivity contribution in [2.24, 2.45) is 5.73 Å². The Labute approximate surface area is 105 Å². The molecule has 0 spiro atoms. The number of nitrogens with two attached hydrogens (primary N) is 1. The van der Waals surface area contributed by atoms with E-state index in [1.54, 1.807) is 19.1 Å². The fourth-order valence-corrected chi connectivity index (χ4v) is 1.73. The molecule has 0 amide bonds. The first-order valence-corrected chi connectivity index (χ1v) is 5.85. The number of aryl methyl sites for hydroxylation is 1. The second-order valence-corrected chi connectivity index (χ2v) is 4.15. The average molecular weight is 261 g/mol. The molecular weight excluding hydrogens is 243 g/mol. The molecule has 0 saturated carbocycles. The van der Waals surface area contributed by atoms with Crippen molar-refractivity contribution in [3.63, 3.8) is 0 Å². The van der Waals surface area contributed by atoms with Gasteiger partial charge in [0, 0.05) is 18.8 Å². The maximum absolute atomic E-state index is 12.5. The van der Waals surface area contributed by atoms with Crippen LogP contribution in [0.3, 0.4) is 0 Å². The van der Waals surface area contributed by atoms with Crippen molar-refractivity contribution in [1.29, 1.82) is 0 Å². The van der Waals surface area contributed by atoms with Crippen molar-refractivity contribution in [2.75, 3.05) is 18.0 Å². The Balaban J connectivity index is 2.95. The summed E-state index contributed by atoms with van der Waals surface area (Å²) in [5.74, 6) is 0.351. The van der Waals surface area contributed by atoms with E-state index in [2.05, 4.69) is 4.98 Å². The lowest BCUT2D eigenvalue weighted by molar-refractivity contribution is -0.119. The molecule has 0 aliphatic carbocycles. The molecule has 0 aromatic carbocycles. The van der Waals surface area contributed by atoms with E-state index >= 15 is 0 Å². The molecule has 1 aromatic rings. The maximum Gasteiger partial charge on any atom is 0.405 e. The third-order valence-corrected chi connectivity index (χ3v) is 2.59. The molecule has 0 unspecified atom stereocenters. The monoisotopic (exact) mass is 261 g/mol. The van der Waals surface area contributed by atoms with Crippen LogP contribution in [-0.4, -0.2) is 24.2 Å². The molecule has 1 rings (SSSR count). The summed E-state index contributed by atoms with van der Waals surface area (Å²) in [5, 5.41) is 0. The van der Waals surface area contributed by atoms with Gasteiger partial charge in [-0.3, -0.25) is 0 Å². The molecule has 0 saturated heterocycles. The second kappa shape index (κ2) is 6.04. The van der Waals surface area contributed by atoms with Gasteiger partial charge in [0.1, 0.15) is 12.4 Å². The van der Waals surface area contributed by atoms with E-state index in [-0.39, 0.29) is 0 Å². The summed E-state index contributed by atoms with van der Waals surface area (Å²) in [6.45, 7) is 3.28. The van der Waals surface area contributed by atoms with Crippen LogP contribution in [0.1, 0.15) is 24.6 Å². The summed E-state index contributed by atoms with van der Waals surface area (Å²) in [7, 11) is 0. The molecule has 0 aliphatic rings. The van der Waals surface area contributed by atoms with Crippen LogP contribution >= 0.6 is 0 Å². The third-order valence-electron chi connectivity index (χ3n) is 2.59. The van der Waals surface area contributed by atoms with Crippen molar-refractivity contribution >= 4 is 5.82 Å². The summed E-state index contributed by atoms with van der Waals surface area (Å²) in [4.78, 5) is 5.44. The zero-order chi connectivity index (χ0) is 13.8. The first kappa shape index (κ1) is 14.8. The van der Waals surface area contributed by atoms with Gasteiger partial charge in [-0.2, -0.15) is 13.2 Å². The summed E-state index contributed by atoms with van der Waals surface area (Å²) >= 11 is 0. The molecular formula is C12H18F3N3. The Kier molecular flexibility index (Phi) is 4.95. The van der Waals surface area contributed by atoms with Crippen LogP contribution in [-0.2, 0) is 6.54 Å². The summed E-state index contributed by atoms with van der Waals surface area (Å²) in [6.07, 6.45) is -3.59. The molecule has 0 atom stereocenters. The van der Waals surface area contributed by atoms with Crippen LogP contribution in [0, 0.1) is 6.92 Å². The summed E-state index contributed by atoms with van der Waals surface area (Å²) < 4.78 is 37.4. The Bertz CT molecular complexity index is 391. The van der Waals surface area contributed by atoms with Crippen molar-refractivity contribution in [3.05, 3.63) is 23.4 Å². The van der Waals surface area contributed by atoms with Crippen molar-refractivity contribution in [1.82, 2.24) is 4.98 Å². The van der Waals surface area contributed by atoms with E-state index in [9.17, 15) is 13.2 Å². The number of pyridine rings is 1. The smallest absolute Gasteiger partial charge is 0.348 e. The van der Waals surface area contributed by atoms with E-state index in [0.717, 1.165) is 5.56 Å². The molecule has 6 heteroatoms. The first-order chi connectivity index (χ1) is 8.37. The Morgan fingerprint density at radius 3 is 2.44 bits per heavy atom. The SMILES string of the molecule is CCCN(CC(F)(F)F)c1ccc(CN)c(C)n1. The lowest BCUT2D eigenvalue weighted by Crippen LogP contribution is -2.35. The minimum Gasteiger partial charge on any atom is -0.348 e. The van der Waals surface area contributed by atoms with Crippen LogP contribution in [0.2, 0.25) is 0 Å². The molecule has 102 valence electrons. The van der Waals surface area contributed by atoms with Crippen molar-refractivity contribution < 1.29 is 13.2 Å². The number of aromatic nitrogens is 1. The first-order valence-electron chi connectivity index (χ1n) is 5.85. The van der Waals surface area contributed by atoms with Crippen molar-refractivity contribution in [3.8, 4) is 0 Å². The fourth-order valence-electron chi connectivity index (χ4n) is 1.73. The van der Waals surface area contributed by atoms with Gasteiger partial charge in [0.05, 0.1) is 0 Å². The predicted molar refractivity (Wildman–Crippen MR) is 65.4 cm³/mol.